The summed E-state index contributed by atoms with van der Waals surface area (Å²) >= 11 is 1.55. The lowest BCUT2D eigenvalue weighted by molar-refractivity contribution is -0.122. The summed E-state index contributed by atoms with van der Waals surface area (Å²) in [5.74, 6) is -0.292. The first-order valence-corrected chi connectivity index (χ1v) is 8.49. The highest BCUT2D eigenvalue weighted by atomic mass is 32.1. The van der Waals surface area contributed by atoms with Gasteiger partial charge in [0.1, 0.15) is 0 Å². The van der Waals surface area contributed by atoms with Crippen LogP contribution in [-0.4, -0.2) is 21.2 Å². The van der Waals surface area contributed by atoms with E-state index in [9.17, 15) is 9.59 Å². The summed E-state index contributed by atoms with van der Waals surface area (Å²) in [4.78, 5) is 29.0. The summed E-state index contributed by atoms with van der Waals surface area (Å²) in [6.45, 7) is 1.82. The minimum Gasteiger partial charge on any atom is -0.350 e. The Labute approximate surface area is 143 Å². The van der Waals surface area contributed by atoms with Gasteiger partial charge in [-0.25, -0.2) is 4.98 Å². The molecule has 0 saturated carbocycles. The molecule has 6 nitrogen and oxygen atoms in total. The fraction of sp³-hybridized carbons (Fsp3) is 0.235. The van der Waals surface area contributed by atoms with Crippen molar-refractivity contribution in [3.05, 3.63) is 59.4 Å². The van der Waals surface area contributed by atoms with Gasteiger partial charge in [-0.15, -0.1) is 11.3 Å². The first-order chi connectivity index (χ1) is 11.6. The van der Waals surface area contributed by atoms with E-state index >= 15 is 0 Å². The van der Waals surface area contributed by atoms with Crippen molar-refractivity contribution in [3.63, 3.8) is 0 Å². The van der Waals surface area contributed by atoms with E-state index in [1.165, 1.54) is 6.92 Å². The third-order valence-electron chi connectivity index (χ3n) is 3.58. The second-order valence-corrected chi connectivity index (χ2v) is 6.34. The first kappa shape index (κ1) is 16.2. The number of hydrogen-bond acceptors (Lipinski definition) is 4. The highest BCUT2D eigenvalue weighted by Crippen LogP contribution is 2.16. The number of thiazole rings is 1. The molecule has 7 heteroatoms. The summed E-state index contributed by atoms with van der Waals surface area (Å²) < 4.78 is 1.93. The number of amides is 2. The van der Waals surface area contributed by atoms with E-state index in [0.717, 1.165) is 16.2 Å². The van der Waals surface area contributed by atoms with Crippen LogP contribution in [0.25, 0.3) is 4.96 Å². The third kappa shape index (κ3) is 3.99. The molecule has 24 heavy (non-hydrogen) atoms. The lowest BCUT2D eigenvalue weighted by atomic mass is 10.0. The number of benzene rings is 1. The average molecular weight is 342 g/mol. The van der Waals surface area contributed by atoms with Crippen LogP contribution in [0.1, 0.15) is 30.6 Å². The molecule has 3 rings (SSSR count). The Balaban J connectivity index is 1.60. The molecule has 0 radical (unpaired) electrons. The monoisotopic (exact) mass is 342 g/mol. The molecule has 0 aliphatic rings. The zero-order valence-corrected chi connectivity index (χ0v) is 14.0. The smallest absolute Gasteiger partial charge is 0.222 e. The standard InChI is InChI=1S/C17H18N4O2S/c1-12(22)19-15(13-5-3-2-4-6-13)9-16(23)18-10-14-11-21-7-8-24-17(21)20-14/h2-8,11,15H,9-10H2,1H3,(H,18,23)(H,19,22). The van der Waals surface area contributed by atoms with Gasteiger partial charge in [0.2, 0.25) is 11.8 Å². The molecule has 2 N–H and O–H groups in total. The van der Waals surface area contributed by atoms with Crippen LogP contribution in [0, 0.1) is 0 Å². The van der Waals surface area contributed by atoms with Crippen LogP contribution in [0.15, 0.2) is 48.1 Å². The van der Waals surface area contributed by atoms with E-state index < -0.39 is 0 Å². The molecule has 124 valence electrons. The SMILES string of the molecule is CC(=O)NC(CC(=O)NCc1cn2ccsc2n1)c1ccccc1. The van der Waals surface area contributed by atoms with Crippen molar-refractivity contribution >= 4 is 28.1 Å². The van der Waals surface area contributed by atoms with Crippen molar-refractivity contribution in [3.8, 4) is 0 Å². The van der Waals surface area contributed by atoms with Crippen molar-refractivity contribution in [1.82, 2.24) is 20.0 Å². The van der Waals surface area contributed by atoms with Crippen LogP contribution in [0.4, 0.5) is 0 Å². The second-order valence-electron chi connectivity index (χ2n) is 5.47. The Kier molecular flexibility index (Phi) is 4.90. The Morgan fingerprint density at radius 3 is 2.79 bits per heavy atom. The molecule has 0 fully saturated rings. The highest BCUT2D eigenvalue weighted by molar-refractivity contribution is 7.15. The van der Waals surface area contributed by atoms with Gasteiger partial charge in [0.05, 0.1) is 24.7 Å². The predicted octanol–water partition coefficient (Wildman–Crippen LogP) is 2.28. The molecule has 0 aliphatic heterocycles. The molecule has 1 unspecified atom stereocenters. The lowest BCUT2D eigenvalue weighted by Crippen LogP contribution is -2.32. The molecular weight excluding hydrogens is 324 g/mol. The normalized spacial score (nSPS) is 12.0. The van der Waals surface area contributed by atoms with Crippen LogP contribution in [0.2, 0.25) is 0 Å². The molecule has 1 aromatic carbocycles. The molecule has 1 atom stereocenters. The van der Waals surface area contributed by atoms with E-state index in [1.54, 1.807) is 11.3 Å². The van der Waals surface area contributed by atoms with Crippen molar-refractivity contribution in [2.45, 2.75) is 25.9 Å². The van der Waals surface area contributed by atoms with Gasteiger partial charge in [-0.2, -0.15) is 0 Å². The van der Waals surface area contributed by atoms with Crippen molar-refractivity contribution in [2.24, 2.45) is 0 Å². The number of carbonyl (C=O) groups is 2. The van der Waals surface area contributed by atoms with Crippen molar-refractivity contribution in [1.29, 1.82) is 0 Å². The largest absolute Gasteiger partial charge is 0.350 e. The Morgan fingerprint density at radius 2 is 2.08 bits per heavy atom. The van der Waals surface area contributed by atoms with Gasteiger partial charge in [0.15, 0.2) is 4.96 Å². The Bertz CT molecular complexity index is 812. The summed E-state index contributed by atoms with van der Waals surface area (Å²) in [5, 5.41) is 7.65. The quantitative estimate of drug-likeness (QED) is 0.722. The van der Waals surface area contributed by atoms with Gasteiger partial charge >= 0.3 is 0 Å². The minimum atomic E-state index is -0.339. The zero-order valence-electron chi connectivity index (χ0n) is 13.2. The van der Waals surface area contributed by atoms with E-state index in [-0.39, 0.29) is 24.3 Å². The molecule has 2 aromatic heterocycles. The van der Waals surface area contributed by atoms with Crippen LogP contribution in [-0.2, 0) is 16.1 Å². The van der Waals surface area contributed by atoms with Crippen molar-refractivity contribution in [2.75, 3.05) is 0 Å². The van der Waals surface area contributed by atoms with Gasteiger partial charge < -0.3 is 10.6 Å². The first-order valence-electron chi connectivity index (χ1n) is 7.61. The van der Waals surface area contributed by atoms with Gasteiger partial charge in [0, 0.05) is 24.7 Å². The number of imidazole rings is 1. The van der Waals surface area contributed by atoms with Gasteiger partial charge in [-0.05, 0) is 5.56 Å². The Hall–Kier alpha value is -2.67. The summed E-state index contributed by atoms with van der Waals surface area (Å²) in [5.41, 5.74) is 1.72. The summed E-state index contributed by atoms with van der Waals surface area (Å²) in [6.07, 6.45) is 4.01. The maximum Gasteiger partial charge on any atom is 0.222 e. The number of fused-ring (bicyclic) bond motifs is 1. The summed E-state index contributed by atoms with van der Waals surface area (Å²) in [6, 6.07) is 9.14. The predicted molar refractivity (Wildman–Crippen MR) is 92.5 cm³/mol. The van der Waals surface area contributed by atoms with Crippen LogP contribution in [0.5, 0.6) is 0 Å². The molecule has 0 saturated heterocycles. The van der Waals surface area contributed by atoms with Crippen molar-refractivity contribution < 1.29 is 9.59 Å². The molecule has 2 amide bonds. The minimum absolute atomic E-state index is 0.131. The molecule has 2 heterocycles. The number of hydrogen-bond donors (Lipinski definition) is 2. The van der Waals surface area contributed by atoms with E-state index in [4.69, 9.17) is 0 Å². The maximum absolute atomic E-state index is 12.2. The Morgan fingerprint density at radius 1 is 1.29 bits per heavy atom. The van der Waals surface area contributed by atoms with E-state index in [1.807, 2.05) is 52.5 Å². The number of rotatable bonds is 6. The molecule has 3 aromatic rings. The van der Waals surface area contributed by atoms with Crippen LogP contribution in [0.3, 0.4) is 0 Å². The third-order valence-corrected chi connectivity index (χ3v) is 4.35. The lowest BCUT2D eigenvalue weighted by Gasteiger charge is -2.17. The number of aromatic nitrogens is 2. The van der Waals surface area contributed by atoms with Gasteiger partial charge in [-0.1, -0.05) is 30.3 Å². The number of carbonyl (C=O) groups excluding carboxylic acids is 2. The van der Waals surface area contributed by atoms with E-state index in [2.05, 4.69) is 15.6 Å². The average Bonchev–Trinajstić information content (AvgIpc) is 3.14. The van der Waals surface area contributed by atoms with Gasteiger partial charge in [-0.3, -0.25) is 14.0 Å². The molecule has 0 aliphatic carbocycles. The molecule has 0 bridgehead atoms. The fourth-order valence-corrected chi connectivity index (χ4v) is 3.21. The molecule has 0 spiro atoms. The summed E-state index contributed by atoms with van der Waals surface area (Å²) in [7, 11) is 0. The second kappa shape index (κ2) is 7.27. The topological polar surface area (TPSA) is 75.5 Å². The number of nitrogens with zero attached hydrogens (tertiary/aromatic N) is 2. The number of nitrogens with one attached hydrogen (secondary N) is 2. The zero-order chi connectivity index (χ0) is 16.9. The van der Waals surface area contributed by atoms with Gasteiger partial charge in [0.25, 0.3) is 0 Å². The maximum atomic E-state index is 12.2. The van der Waals surface area contributed by atoms with E-state index in [0.29, 0.717) is 6.54 Å². The van der Waals surface area contributed by atoms with Crippen LogP contribution >= 0.6 is 11.3 Å². The molecular formula is C17H18N4O2S. The fourth-order valence-electron chi connectivity index (χ4n) is 2.49. The highest BCUT2D eigenvalue weighted by Gasteiger charge is 2.17. The van der Waals surface area contributed by atoms with Crippen LogP contribution < -0.4 is 10.6 Å².